The van der Waals surface area contributed by atoms with Crippen LogP contribution in [0.3, 0.4) is 0 Å². The molecule has 5 nitrogen and oxygen atoms in total. The van der Waals surface area contributed by atoms with Crippen molar-refractivity contribution in [3.8, 4) is 0 Å². The fourth-order valence-electron chi connectivity index (χ4n) is 1.76. The first kappa shape index (κ1) is 17.5. The molecule has 1 aromatic carbocycles. The van der Waals surface area contributed by atoms with Gasteiger partial charge in [-0.2, -0.15) is 0 Å². The average Bonchev–Trinajstić information content (AvgIpc) is 2.44. The topological polar surface area (TPSA) is 70.6 Å². The van der Waals surface area contributed by atoms with Crippen LogP contribution in [0.5, 0.6) is 0 Å². The molecule has 1 atom stereocenters. The van der Waals surface area contributed by atoms with E-state index < -0.39 is 6.10 Å². The first-order valence-corrected chi connectivity index (χ1v) is 7.31. The van der Waals surface area contributed by atoms with E-state index in [9.17, 15) is 9.90 Å². The van der Waals surface area contributed by atoms with Crippen LogP contribution < -0.4 is 10.6 Å². The van der Waals surface area contributed by atoms with E-state index in [4.69, 9.17) is 4.74 Å². The van der Waals surface area contributed by atoms with Crippen molar-refractivity contribution in [2.45, 2.75) is 33.4 Å². The normalized spacial score (nSPS) is 12.2. The molecule has 2 amide bonds. The molecule has 0 aliphatic heterocycles. The minimum absolute atomic E-state index is 0.178. The molecule has 118 valence electrons. The van der Waals surface area contributed by atoms with Gasteiger partial charge in [0.25, 0.3) is 0 Å². The summed E-state index contributed by atoms with van der Waals surface area (Å²) in [5.74, 6) is 0.433. The Morgan fingerprint density at radius 1 is 1.24 bits per heavy atom. The van der Waals surface area contributed by atoms with Gasteiger partial charge < -0.3 is 20.5 Å². The molecule has 1 aromatic rings. The number of hydrogen-bond acceptors (Lipinski definition) is 3. The number of benzene rings is 1. The molecular weight excluding hydrogens is 268 g/mol. The third kappa shape index (κ3) is 7.68. The number of ether oxygens (including phenoxy) is 1. The SMILES string of the molecule is Cc1ccccc1CNC(=O)NCC(O)COCC(C)C. The Hall–Kier alpha value is -1.59. The molecule has 0 aliphatic carbocycles. The molecule has 5 heteroatoms. The zero-order valence-electron chi connectivity index (χ0n) is 13.1. The third-order valence-electron chi connectivity index (χ3n) is 2.96. The molecule has 0 radical (unpaired) electrons. The van der Waals surface area contributed by atoms with Crippen LogP contribution in [-0.4, -0.2) is 37.0 Å². The minimum atomic E-state index is -0.687. The quantitative estimate of drug-likeness (QED) is 0.685. The Morgan fingerprint density at radius 3 is 2.62 bits per heavy atom. The highest BCUT2D eigenvalue weighted by atomic mass is 16.5. The number of urea groups is 1. The molecule has 0 aliphatic rings. The molecule has 1 unspecified atom stereocenters. The largest absolute Gasteiger partial charge is 0.389 e. The predicted molar refractivity (Wildman–Crippen MR) is 83.1 cm³/mol. The summed E-state index contributed by atoms with van der Waals surface area (Å²) < 4.78 is 5.31. The Morgan fingerprint density at radius 2 is 1.95 bits per heavy atom. The summed E-state index contributed by atoms with van der Waals surface area (Å²) >= 11 is 0. The lowest BCUT2D eigenvalue weighted by molar-refractivity contribution is 0.0272. The van der Waals surface area contributed by atoms with Gasteiger partial charge in [0, 0.05) is 19.7 Å². The molecular formula is C16H26N2O3. The zero-order chi connectivity index (χ0) is 15.7. The van der Waals surface area contributed by atoms with Gasteiger partial charge in [-0.3, -0.25) is 0 Å². The predicted octanol–water partition coefficient (Wildman–Crippen LogP) is 1.83. The molecule has 0 saturated heterocycles. The highest BCUT2D eigenvalue weighted by molar-refractivity contribution is 5.73. The number of aliphatic hydroxyl groups is 1. The minimum Gasteiger partial charge on any atom is -0.389 e. The summed E-state index contributed by atoms with van der Waals surface area (Å²) in [5.41, 5.74) is 2.22. The molecule has 3 N–H and O–H groups in total. The number of rotatable bonds is 8. The van der Waals surface area contributed by atoms with Gasteiger partial charge in [-0.15, -0.1) is 0 Å². The zero-order valence-corrected chi connectivity index (χ0v) is 13.1. The van der Waals surface area contributed by atoms with Crippen LogP contribution in [-0.2, 0) is 11.3 Å². The number of hydrogen-bond donors (Lipinski definition) is 3. The van der Waals surface area contributed by atoms with E-state index in [2.05, 4.69) is 10.6 Å². The number of nitrogens with one attached hydrogen (secondary N) is 2. The van der Waals surface area contributed by atoms with Crippen molar-refractivity contribution in [3.63, 3.8) is 0 Å². The van der Waals surface area contributed by atoms with Gasteiger partial charge in [0.2, 0.25) is 0 Å². The van der Waals surface area contributed by atoms with Gasteiger partial charge in [-0.1, -0.05) is 38.1 Å². The lowest BCUT2D eigenvalue weighted by Gasteiger charge is -2.14. The molecule has 21 heavy (non-hydrogen) atoms. The van der Waals surface area contributed by atoms with Gasteiger partial charge in [-0.05, 0) is 24.0 Å². The highest BCUT2D eigenvalue weighted by Crippen LogP contribution is 2.05. The standard InChI is InChI=1S/C16H26N2O3/c1-12(2)10-21-11-15(19)9-18-16(20)17-8-14-7-5-4-6-13(14)3/h4-7,12,15,19H,8-11H2,1-3H3,(H2,17,18,20). The maximum absolute atomic E-state index is 11.6. The van der Waals surface area contributed by atoms with Crippen molar-refractivity contribution in [1.82, 2.24) is 10.6 Å². The highest BCUT2D eigenvalue weighted by Gasteiger charge is 2.08. The van der Waals surface area contributed by atoms with Crippen LogP contribution in [0.4, 0.5) is 4.79 Å². The summed E-state index contributed by atoms with van der Waals surface area (Å²) in [4.78, 5) is 11.6. The number of carbonyl (C=O) groups is 1. The van der Waals surface area contributed by atoms with Gasteiger partial charge in [0.15, 0.2) is 0 Å². The van der Waals surface area contributed by atoms with Crippen LogP contribution in [0.25, 0.3) is 0 Å². The number of amides is 2. The molecule has 1 rings (SSSR count). The van der Waals surface area contributed by atoms with Crippen molar-refractivity contribution in [3.05, 3.63) is 35.4 Å². The summed E-state index contributed by atoms with van der Waals surface area (Å²) in [6, 6.07) is 7.60. The first-order valence-electron chi connectivity index (χ1n) is 7.31. The fourth-order valence-corrected chi connectivity index (χ4v) is 1.76. The second-order valence-electron chi connectivity index (χ2n) is 5.58. The van der Waals surface area contributed by atoms with E-state index in [1.807, 2.05) is 45.0 Å². The Kier molecular flexibility index (Phi) is 7.79. The lowest BCUT2D eigenvalue weighted by atomic mass is 10.1. The Balaban J connectivity index is 2.18. The average molecular weight is 294 g/mol. The number of carbonyl (C=O) groups excluding carboxylic acids is 1. The molecule has 0 heterocycles. The number of aliphatic hydroxyl groups excluding tert-OH is 1. The third-order valence-corrected chi connectivity index (χ3v) is 2.96. The Bertz CT molecular complexity index is 435. The molecule has 0 saturated carbocycles. The van der Waals surface area contributed by atoms with Gasteiger partial charge in [0.05, 0.1) is 12.7 Å². The second kappa shape index (κ2) is 9.37. The summed E-state index contributed by atoms with van der Waals surface area (Å²) in [7, 11) is 0. The molecule has 0 bridgehead atoms. The van der Waals surface area contributed by atoms with Crippen LogP contribution in [0, 0.1) is 12.8 Å². The van der Waals surface area contributed by atoms with E-state index >= 15 is 0 Å². The number of aryl methyl sites for hydroxylation is 1. The van der Waals surface area contributed by atoms with Crippen molar-refractivity contribution < 1.29 is 14.6 Å². The van der Waals surface area contributed by atoms with E-state index in [0.29, 0.717) is 19.1 Å². The van der Waals surface area contributed by atoms with Gasteiger partial charge in [-0.25, -0.2) is 4.79 Å². The fraction of sp³-hybridized carbons (Fsp3) is 0.562. The van der Waals surface area contributed by atoms with E-state index in [-0.39, 0.29) is 19.2 Å². The van der Waals surface area contributed by atoms with Crippen molar-refractivity contribution >= 4 is 6.03 Å². The summed E-state index contributed by atoms with van der Waals surface area (Å²) in [6.07, 6.45) is -0.687. The molecule has 0 fully saturated rings. The molecule has 0 aromatic heterocycles. The van der Waals surface area contributed by atoms with E-state index in [1.165, 1.54) is 0 Å². The second-order valence-corrected chi connectivity index (χ2v) is 5.58. The Labute approximate surface area is 126 Å². The molecule has 0 spiro atoms. The van der Waals surface area contributed by atoms with Gasteiger partial charge >= 0.3 is 6.03 Å². The maximum atomic E-state index is 11.6. The lowest BCUT2D eigenvalue weighted by Crippen LogP contribution is -2.40. The monoisotopic (exact) mass is 294 g/mol. The summed E-state index contributed by atoms with van der Waals surface area (Å²) in [5, 5.41) is 15.1. The van der Waals surface area contributed by atoms with Crippen LogP contribution >= 0.6 is 0 Å². The van der Waals surface area contributed by atoms with E-state index in [1.54, 1.807) is 0 Å². The van der Waals surface area contributed by atoms with Crippen LogP contribution in [0.2, 0.25) is 0 Å². The first-order chi connectivity index (χ1) is 9.99. The van der Waals surface area contributed by atoms with Crippen LogP contribution in [0.15, 0.2) is 24.3 Å². The van der Waals surface area contributed by atoms with Gasteiger partial charge in [0.1, 0.15) is 0 Å². The van der Waals surface area contributed by atoms with Crippen molar-refractivity contribution in [1.29, 1.82) is 0 Å². The maximum Gasteiger partial charge on any atom is 0.315 e. The van der Waals surface area contributed by atoms with Crippen molar-refractivity contribution in [2.75, 3.05) is 19.8 Å². The summed E-state index contributed by atoms with van der Waals surface area (Å²) in [6.45, 7) is 7.58. The van der Waals surface area contributed by atoms with E-state index in [0.717, 1.165) is 11.1 Å². The van der Waals surface area contributed by atoms with Crippen molar-refractivity contribution in [2.24, 2.45) is 5.92 Å². The van der Waals surface area contributed by atoms with Crippen LogP contribution in [0.1, 0.15) is 25.0 Å². The smallest absolute Gasteiger partial charge is 0.315 e.